The van der Waals surface area contributed by atoms with E-state index in [1.54, 1.807) is 7.05 Å². The molecule has 0 radical (unpaired) electrons. The molecule has 33 heavy (non-hydrogen) atoms. The number of aliphatic imine (C=N–C) groups is 1. The summed E-state index contributed by atoms with van der Waals surface area (Å²) in [5.74, 6) is 0.340. The molecule has 2 unspecified atom stereocenters. The Morgan fingerprint density at radius 1 is 1.03 bits per heavy atom. The number of benzene rings is 2. The molecule has 3 amide bonds. The Morgan fingerprint density at radius 2 is 1.76 bits per heavy atom. The van der Waals surface area contributed by atoms with E-state index in [-0.39, 0.29) is 25.1 Å². The van der Waals surface area contributed by atoms with Crippen LogP contribution in [0, 0.1) is 0 Å². The van der Waals surface area contributed by atoms with Crippen LogP contribution in [0.1, 0.15) is 24.5 Å². The highest BCUT2D eigenvalue weighted by atomic mass is 16.3. The van der Waals surface area contributed by atoms with Gasteiger partial charge in [-0.05, 0) is 30.5 Å². The normalized spacial score (nSPS) is 21.9. The fourth-order valence-electron chi connectivity index (χ4n) is 4.62. The minimum absolute atomic E-state index is 0.0834. The van der Waals surface area contributed by atoms with Crippen molar-refractivity contribution in [2.75, 3.05) is 25.1 Å². The first-order chi connectivity index (χ1) is 16.0. The molecule has 2 aromatic rings. The van der Waals surface area contributed by atoms with E-state index in [0.717, 1.165) is 23.4 Å². The third-order valence-electron chi connectivity index (χ3n) is 6.42. The number of hydrogen-bond donors (Lipinski definition) is 1. The minimum atomic E-state index is -0.639. The van der Waals surface area contributed by atoms with E-state index in [0.29, 0.717) is 12.4 Å². The highest BCUT2D eigenvalue weighted by Crippen LogP contribution is 2.40. The van der Waals surface area contributed by atoms with Crippen molar-refractivity contribution in [3.05, 3.63) is 71.9 Å². The fourth-order valence-corrected chi connectivity index (χ4v) is 4.62. The fraction of sp³-hybridized carbons (Fsp3) is 0.320. The van der Waals surface area contributed by atoms with Crippen LogP contribution in [0.4, 0.5) is 10.5 Å². The molecule has 3 heterocycles. The van der Waals surface area contributed by atoms with Crippen molar-refractivity contribution in [3.8, 4) is 0 Å². The molecule has 0 saturated carbocycles. The van der Waals surface area contributed by atoms with Gasteiger partial charge in [-0.2, -0.15) is 0 Å². The van der Waals surface area contributed by atoms with Crippen LogP contribution in [0.2, 0.25) is 0 Å². The Hall–Kier alpha value is -3.65. The zero-order chi connectivity index (χ0) is 23.1. The number of guanidine groups is 1. The first-order valence-corrected chi connectivity index (χ1v) is 11.3. The molecule has 170 valence electrons. The molecule has 5 rings (SSSR count). The van der Waals surface area contributed by atoms with Crippen molar-refractivity contribution < 1.29 is 14.7 Å². The number of imide groups is 1. The standard InChI is InChI=1S/C25H27N5O3/c1-3-17-10-12-19(13-11-17)30-20(18-8-5-4-6-9-18)16-29-21-22(26-24(29)30)27(2)25(33)28(23(21)32)14-7-15-31/h4-6,8-13,16,21-22,31H,3,7,14-15H2,1-2H3. The summed E-state index contributed by atoms with van der Waals surface area (Å²) in [6.07, 6.45) is 2.65. The lowest BCUT2D eigenvalue weighted by Gasteiger charge is -2.40. The van der Waals surface area contributed by atoms with Gasteiger partial charge in [0, 0.05) is 37.7 Å². The number of aliphatic hydroxyl groups excluding tert-OH is 1. The van der Waals surface area contributed by atoms with E-state index in [2.05, 4.69) is 36.1 Å². The number of rotatable bonds is 6. The zero-order valence-corrected chi connectivity index (χ0v) is 18.8. The van der Waals surface area contributed by atoms with E-state index in [1.807, 2.05) is 41.4 Å². The van der Waals surface area contributed by atoms with Crippen LogP contribution in [0.25, 0.3) is 5.70 Å². The molecular weight excluding hydrogens is 418 g/mol. The van der Waals surface area contributed by atoms with Crippen molar-refractivity contribution in [1.29, 1.82) is 0 Å². The first-order valence-electron chi connectivity index (χ1n) is 11.3. The van der Waals surface area contributed by atoms with Gasteiger partial charge in [0.2, 0.25) is 5.96 Å². The number of fused-ring (bicyclic) bond motifs is 3. The monoisotopic (exact) mass is 445 g/mol. The Labute approximate surface area is 193 Å². The van der Waals surface area contributed by atoms with Crippen LogP contribution in [0.3, 0.4) is 0 Å². The van der Waals surface area contributed by atoms with Crippen molar-refractivity contribution in [3.63, 3.8) is 0 Å². The topological polar surface area (TPSA) is 79.7 Å². The van der Waals surface area contributed by atoms with Crippen LogP contribution < -0.4 is 4.90 Å². The number of likely N-dealkylation sites (N-methyl/N-ethyl adjacent to an activating group) is 1. The van der Waals surface area contributed by atoms with E-state index in [4.69, 9.17) is 4.99 Å². The lowest BCUT2D eigenvalue weighted by atomic mass is 10.1. The molecule has 1 N–H and O–H groups in total. The molecule has 0 spiro atoms. The van der Waals surface area contributed by atoms with E-state index >= 15 is 0 Å². The van der Waals surface area contributed by atoms with Crippen LogP contribution in [-0.4, -0.2) is 70.1 Å². The quantitative estimate of drug-likeness (QED) is 0.740. The number of nitrogens with zero attached hydrogens (tertiary/aromatic N) is 5. The number of carbonyl (C=O) groups excluding carboxylic acids is 2. The van der Waals surface area contributed by atoms with E-state index in [1.165, 1.54) is 15.4 Å². The number of aliphatic hydroxyl groups is 1. The third-order valence-corrected chi connectivity index (χ3v) is 6.42. The summed E-state index contributed by atoms with van der Waals surface area (Å²) in [5, 5.41) is 9.22. The van der Waals surface area contributed by atoms with Gasteiger partial charge in [0.15, 0.2) is 12.2 Å². The van der Waals surface area contributed by atoms with E-state index < -0.39 is 12.2 Å². The molecule has 0 aromatic heterocycles. The maximum absolute atomic E-state index is 13.4. The van der Waals surface area contributed by atoms with Crippen LogP contribution in [0.15, 0.2) is 65.8 Å². The average Bonchev–Trinajstić information content (AvgIpc) is 3.40. The lowest BCUT2D eigenvalue weighted by Crippen LogP contribution is -2.64. The Bertz CT molecular complexity index is 1130. The van der Waals surface area contributed by atoms with Gasteiger partial charge < -0.3 is 10.0 Å². The van der Waals surface area contributed by atoms with Gasteiger partial charge in [0.1, 0.15) is 0 Å². The predicted octanol–water partition coefficient (Wildman–Crippen LogP) is 2.71. The van der Waals surface area contributed by atoms with Crippen LogP contribution in [-0.2, 0) is 11.2 Å². The second kappa shape index (κ2) is 8.37. The molecule has 3 aliphatic heterocycles. The number of hydrogen-bond acceptors (Lipinski definition) is 6. The average molecular weight is 446 g/mol. The largest absolute Gasteiger partial charge is 0.396 e. The summed E-state index contributed by atoms with van der Waals surface area (Å²) in [5.41, 5.74) is 4.12. The molecule has 3 aliphatic rings. The molecule has 1 fully saturated rings. The van der Waals surface area contributed by atoms with Gasteiger partial charge in [-0.3, -0.25) is 19.5 Å². The summed E-state index contributed by atoms with van der Waals surface area (Å²) in [4.78, 5) is 37.8. The lowest BCUT2D eigenvalue weighted by molar-refractivity contribution is -0.136. The zero-order valence-electron chi connectivity index (χ0n) is 18.8. The summed E-state index contributed by atoms with van der Waals surface area (Å²) in [6, 6.07) is 17.3. The van der Waals surface area contributed by atoms with Crippen molar-refractivity contribution in [2.24, 2.45) is 4.99 Å². The third kappa shape index (κ3) is 3.38. The number of carbonyl (C=O) groups is 2. The van der Waals surface area contributed by atoms with Gasteiger partial charge >= 0.3 is 6.03 Å². The number of urea groups is 1. The number of amides is 3. The molecule has 0 bridgehead atoms. The second-order valence-corrected chi connectivity index (χ2v) is 8.39. The summed E-state index contributed by atoms with van der Waals surface area (Å²) < 4.78 is 0. The van der Waals surface area contributed by atoms with Gasteiger partial charge in [0.25, 0.3) is 5.91 Å². The Kier molecular flexibility index (Phi) is 5.38. The van der Waals surface area contributed by atoms with Crippen molar-refractivity contribution in [1.82, 2.24) is 14.7 Å². The van der Waals surface area contributed by atoms with Crippen molar-refractivity contribution in [2.45, 2.75) is 32.0 Å². The molecule has 2 atom stereocenters. The molecule has 1 saturated heterocycles. The van der Waals surface area contributed by atoms with Gasteiger partial charge in [0.05, 0.1) is 5.70 Å². The molecule has 8 nitrogen and oxygen atoms in total. The van der Waals surface area contributed by atoms with Gasteiger partial charge in [-0.25, -0.2) is 9.79 Å². The maximum atomic E-state index is 13.4. The van der Waals surface area contributed by atoms with Crippen molar-refractivity contribution >= 4 is 29.3 Å². The van der Waals surface area contributed by atoms with Gasteiger partial charge in [-0.1, -0.05) is 49.4 Å². The first kappa shape index (κ1) is 21.2. The summed E-state index contributed by atoms with van der Waals surface area (Å²) in [6.45, 7) is 2.22. The predicted molar refractivity (Wildman–Crippen MR) is 126 cm³/mol. The highest BCUT2D eigenvalue weighted by Gasteiger charge is 2.54. The SMILES string of the molecule is CCc1ccc(N2C(c3ccccc3)=CN3C2=NC2C3C(=O)N(CCCO)C(=O)N2C)cc1. The number of anilines is 1. The molecule has 0 aliphatic carbocycles. The molecular formula is C25H27N5O3. The minimum Gasteiger partial charge on any atom is -0.396 e. The van der Waals surface area contributed by atoms with E-state index in [9.17, 15) is 14.7 Å². The summed E-state index contributed by atoms with van der Waals surface area (Å²) in [7, 11) is 1.67. The van der Waals surface area contributed by atoms with Crippen LogP contribution >= 0.6 is 0 Å². The van der Waals surface area contributed by atoms with Crippen LogP contribution in [0.5, 0.6) is 0 Å². The smallest absolute Gasteiger partial charge is 0.328 e. The highest BCUT2D eigenvalue weighted by molar-refractivity contribution is 6.16. The second-order valence-electron chi connectivity index (χ2n) is 8.39. The number of aryl methyl sites for hydroxylation is 1. The molecule has 8 heteroatoms. The maximum Gasteiger partial charge on any atom is 0.328 e. The summed E-state index contributed by atoms with van der Waals surface area (Å²) >= 11 is 0. The van der Waals surface area contributed by atoms with Gasteiger partial charge in [-0.15, -0.1) is 0 Å². The Morgan fingerprint density at radius 3 is 2.42 bits per heavy atom. The Balaban J connectivity index is 1.58. The molecule has 2 aromatic carbocycles.